The van der Waals surface area contributed by atoms with Crippen molar-refractivity contribution in [3.05, 3.63) is 90.1 Å². The molecule has 2 aromatic heterocycles. The predicted octanol–water partition coefficient (Wildman–Crippen LogP) is -3.18. The van der Waals surface area contributed by atoms with E-state index < -0.39 is 204 Å². The van der Waals surface area contributed by atoms with Crippen LogP contribution in [0.1, 0.15) is 155 Å². The lowest BCUT2D eigenvalue weighted by atomic mass is 9.96. The zero-order chi connectivity index (χ0) is 88.2. The van der Waals surface area contributed by atoms with E-state index in [0.717, 1.165) is 10.9 Å². The van der Waals surface area contributed by atoms with Gasteiger partial charge in [0.05, 0.1) is 18.8 Å². The Bertz CT molecular complexity index is 4130. The first-order valence-corrected chi connectivity index (χ1v) is 40.0. The number of carbonyl (C=O) groups is 15. The molecule has 13 amide bonds. The highest BCUT2D eigenvalue weighted by molar-refractivity contribution is 6.01. The molecule has 0 aliphatic carbocycles. The van der Waals surface area contributed by atoms with Gasteiger partial charge in [0.1, 0.15) is 72.5 Å². The number of unbranched alkanes of at least 4 members (excludes halogenated alkanes) is 1. The SMILES string of the molecule is CC[C@H](C)[C@H](NC(=O)[C@H](CCCNC(=N)N)NC(=O)[C@@H]1CCCN1C(=O)[C@H](Cc1ccccc1)NC(=O)[C@H](Cc1cnc[nH]1)NC(=O)[C@H](CCCNC(=N)N)NC(=O)[C@@H](NC(=O)[C@H](C)NC(=O)[C@H](CCC(=O)O)NC(=O)[C@H](CC(N)=O)NC(=O)[C@@H](N)CCCCN)C(C)C)C(=O)N[C@@H](Cc1c[nH]c2ccccc12)C(=O)N[C@@H](CC(C)C)C(=O)O. The normalized spacial score (nSPS) is 15.8. The van der Waals surface area contributed by atoms with Crippen LogP contribution in [0.3, 0.4) is 0 Å². The molecule has 2 aromatic carbocycles. The summed E-state index contributed by atoms with van der Waals surface area (Å²) in [4.78, 5) is 221. The number of primary amides is 1. The first-order chi connectivity index (χ1) is 56.4. The third kappa shape index (κ3) is 32.6. The molecule has 654 valence electrons. The van der Waals surface area contributed by atoms with Crippen molar-refractivity contribution in [3.8, 4) is 0 Å². The molecule has 0 radical (unpaired) electrons. The average molecular weight is 1670 g/mol. The van der Waals surface area contributed by atoms with E-state index in [0.29, 0.717) is 42.6 Å². The number of nitrogens with two attached hydrogens (primary N) is 5. The Morgan fingerprint density at radius 3 is 1.67 bits per heavy atom. The van der Waals surface area contributed by atoms with E-state index in [9.17, 15) is 72.5 Å². The van der Waals surface area contributed by atoms with E-state index >= 15 is 9.59 Å². The topological polar surface area (TPSA) is 678 Å². The number of amides is 13. The molecule has 119 heavy (non-hydrogen) atoms. The lowest BCUT2D eigenvalue weighted by Crippen LogP contribution is -2.61. The van der Waals surface area contributed by atoms with Crippen molar-refractivity contribution >= 4 is 112 Å². The van der Waals surface area contributed by atoms with Gasteiger partial charge in [-0.1, -0.05) is 103 Å². The Morgan fingerprint density at radius 2 is 1.08 bits per heavy atom. The van der Waals surface area contributed by atoms with Gasteiger partial charge in [-0.25, -0.2) is 9.78 Å². The van der Waals surface area contributed by atoms with Gasteiger partial charge in [-0.2, -0.15) is 0 Å². The maximum Gasteiger partial charge on any atom is 0.326 e. The molecular weight excluding hydrogens is 1550 g/mol. The van der Waals surface area contributed by atoms with Crippen molar-refractivity contribution in [1.82, 2.24) is 89.0 Å². The van der Waals surface area contributed by atoms with Gasteiger partial charge < -0.3 is 123 Å². The zero-order valence-corrected chi connectivity index (χ0v) is 68.3. The minimum Gasteiger partial charge on any atom is -0.481 e. The molecule has 4 aromatic rings. The summed E-state index contributed by atoms with van der Waals surface area (Å²) in [6.07, 6.45) is 3.61. The number of H-pyrrole nitrogens is 2. The van der Waals surface area contributed by atoms with Crippen molar-refractivity contribution in [2.24, 2.45) is 46.4 Å². The molecular formula is C78H120N24O17. The van der Waals surface area contributed by atoms with Crippen LogP contribution in [-0.2, 0) is 91.2 Å². The number of imidazole rings is 1. The van der Waals surface area contributed by atoms with Crippen molar-refractivity contribution in [1.29, 1.82) is 10.8 Å². The second-order valence-corrected chi connectivity index (χ2v) is 30.5. The number of para-hydroxylation sites is 1. The summed E-state index contributed by atoms with van der Waals surface area (Å²) in [6.45, 7) is 11.8. The maximum absolute atomic E-state index is 15.4. The largest absolute Gasteiger partial charge is 0.481 e. The number of guanidine groups is 2. The molecule has 29 N–H and O–H groups in total. The van der Waals surface area contributed by atoms with Crippen molar-refractivity contribution in [2.75, 3.05) is 26.2 Å². The number of fused-ring (bicyclic) bond motifs is 1. The summed E-state index contributed by atoms with van der Waals surface area (Å²) in [5, 5.41) is 70.0. The second-order valence-electron chi connectivity index (χ2n) is 30.5. The first kappa shape index (κ1) is 97.3. The Hall–Kier alpha value is -12.3. The summed E-state index contributed by atoms with van der Waals surface area (Å²) in [5.74, 6) is -16.8. The first-order valence-electron chi connectivity index (χ1n) is 40.0. The highest BCUT2D eigenvalue weighted by Gasteiger charge is 2.42. The summed E-state index contributed by atoms with van der Waals surface area (Å²) in [7, 11) is 0. The standard InChI is InChI=1S/C78H120N24O17/c1-8-43(6)63(74(116)97-54(69(111)99-58(76(118)119)33-41(2)3)35-46-38-89-50-23-13-12-21-48(46)50)101-68(110)52(25-17-31-88-78(84)85)93-72(114)59-26-18-32-102(59)75(117)57(34-45-19-10-9-11-20-45)98-70(112)55(36-47-39-86-40-90-47)96-67(109)51(24-16-30-87-77(82)83)94-73(115)62(42(4)5)100-64(106)44(7)91-66(108)53(27-28-61(104)105)92-71(113)56(37-60(81)103)95-65(107)49(80)22-14-15-29-79/h9-13,19-21,23,38-44,49,51-59,62-63,89H,8,14-18,22,24-37,79-80H2,1-7H3,(H2,81,103)(H,86,90)(H,91,108)(H,92,113)(H,93,114)(H,94,115)(H,95,107)(H,96,109)(H,97,116)(H,98,112)(H,99,111)(H,100,106)(H,101,110)(H,104,105)(H,118,119)(H4,82,83,87)(H4,84,85,88)/t43-,44-,49-,51-,52-,53-,54-,55-,56-,57-,58-,59-,62-,63-/m0/s1. The number of aromatic nitrogens is 3. The summed E-state index contributed by atoms with van der Waals surface area (Å²) >= 11 is 0. The zero-order valence-electron chi connectivity index (χ0n) is 68.3. The number of carboxylic acids is 2. The van der Waals surface area contributed by atoms with Gasteiger partial charge in [-0.3, -0.25) is 77.9 Å². The van der Waals surface area contributed by atoms with Crippen molar-refractivity contribution < 1.29 is 82.1 Å². The van der Waals surface area contributed by atoms with Crippen LogP contribution in [0.5, 0.6) is 0 Å². The third-order valence-electron chi connectivity index (χ3n) is 20.1. The van der Waals surface area contributed by atoms with Crippen LogP contribution in [0.4, 0.5) is 0 Å². The van der Waals surface area contributed by atoms with Crippen LogP contribution >= 0.6 is 0 Å². The molecule has 41 heteroatoms. The Morgan fingerprint density at radius 1 is 0.555 bits per heavy atom. The van der Waals surface area contributed by atoms with E-state index in [-0.39, 0.29) is 102 Å². The number of carboxylic acid groups (broad SMARTS) is 2. The molecule has 1 saturated heterocycles. The molecule has 5 rings (SSSR count). The maximum atomic E-state index is 15.4. The average Bonchev–Trinajstić information content (AvgIpc) is 1.73. The van der Waals surface area contributed by atoms with Gasteiger partial charge in [-0.05, 0) is 113 Å². The van der Waals surface area contributed by atoms with E-state index in [2.05, 4.69) is 84.1 Å². The number of aliphatic carboxylic acids is 2. The Kier molecular flexibility index (Phi) is 40.1. The van der Waals surface area contributed by atoms with Gasteiger partial charge in [0.25, 0.3) is 0 Å². The fourth-order valence-electron chi connectivity index (χ4n) is 13.3. The van der Waals surface area contributed by atoms with Gasteiger partial charge in [0.15, 0.2) is 11.9 Å². The van der Waals surface area contributed by atoms with Crippen molar-refractivity contribution in [3.63, 3.8) is 0 Å². The quantitative estimate of drug-likeness (QED) is 0.0118. The molecule has 3 heterocycles. The predicted molar refractivity (Wildman–Crippen MR) is 437 cm³/mol. The molecule has 0 spiro atoms. The number of nitrogens with one attached hydrogen (secondary N) is 17. The van der Waals surface area contributed by atoms with E-state index in [1.807, 2.05) is 18.2 Å². The fraction of sp³-hybridized carbons (Fsp3) is 0.564. The van der Waals surface area contributed by atoms with Crippen LogP contribution in [0.25, 0.3) is 10.9 Å². The van der Waals surface area contributed by atoms with Gasteiger partial charge in [0.2, 0.25) is 76.8 Å². The second kappa shape index (κ2) is 49.0. The summed E-state index contributed by atoms with van der Waals surface area (Å²) < 4.78 is 0. The smallest absolute Gasteiger partial charge is 0.326 e. The molecule has 0 bridgehead atoms. The van der Waals surface area contributed by atoms with Crippen molar-refractivity contribution in [2.45, 2.75) is 236 Å². The van der Waals surface area contributed by atoms with Gasteiger partial charge in [-0.15, -0.1) is 0 Å². The highest BCUT2D eigenvalue weighted by Crippen LogP contribution is 2.24. The number of aromatic amines is 2. The van der Waals surface area contributed by atoms with Gasteiger partial charge >= 0.3 is 11.9 Å². The monoisotopic (exact) mass is 1660 g/mol. The van der Waals surface area contributed by atoms with Gasteiger partial charge in [0, 0.05) is 74.3 Å². The number of benzene rings is 2. The summed E-state index contributed by atoms with van der Waals surface area (Å²) in [6, 6.07) is -2.96. The third-order valence-corrected chi connectivity index (χ3v) is 20.1. The lowest BCUT2D eigenvalue weighted by Gasteiger charge is -2.32. The van der Waals surface area contributed by atoms with Crippen LogP contribution in [0.2, 0.25) is 0 Å². The fourth-order valence-corrected chi connectivity index (χ4v) is 13.3. The molecule has 0 saturated carbocycles. The number of likely N-dealkylation sites (tertiary alicyclic amines) is 1. The Balaban J connectivity index is 1.40. The van der Waals surface area contributed by atoms with Crippen LogP contribution in [-0.4, -0.2) is 235 Å². The number of carbonyl (C=O) groups excluding carboxylic acids is 13. The number of nitrogens with zero attached hydrogens (tertiary/aromatic N) is 2. The number of hydrogen-bond donors (Lipinski definition) is 24. The number of hydrogen-bond acceptors (Lipinski definition) is 20. The van der Waals surface area contributed by atoms with E-state index in [1.54, 1.807) is 84.1 Å². The van der Waals surface area contributed by atoms with Crippen LogP contribution in [0, 0.1) is 28.6 Å². The molecule has 14 atom stereocenters. The minimum absolute atomic E-state index is 0.00529. The van der Waals surface area contributed by atoms with Crippen LogP contribution < -0.4 is 97.8 Å². The molecule has 1 fully saturated rings. The van der Waals surface area contributed by atoms with E-state index in [4.69, 9.17) is 39.5 Å². The molecule has 1 aliphatic heterocycles. The number of rotatable bonds is 52. The Labute approximate surface area is 689 Å². The van der Waals surface area contributed by atoms with E-state index in [1.165, 1.54) is 24.3 Å². The highest BCUT2D eigenvalue weighted by atomic mass is 16.4. The lowest BCUT2D eigenvalue weighted by molar-refractivity contribution is -0.143. The van der Waals surface area contributed by atoms with Crippen LogP contribution in [0.15, 0.2) is 73.3 Å². The summed E-state index contributed by atoms with van der Waals surface area (Å²) in [5.41, 5.74) is 30.3. The molecule has 0 unspecified atom stereocenters. The molecule has 1 aliphatic rings. The molecule has 41 nitrogen and oxygen atoms in total. The minimum atomic E-state index is -1.69.